The molecule has 0 heterocycles. The molecule has 0 saturated carbocycles. The lowest BCUT2D eigenvalue weighted by molar-refractivity contribution is 0.963. The van der Waals surface area contributed by atoms with Gasteiger partial charge in [0.25, 0.3) is 0 Å². The van der Waals surface area contributed by atoms with Gasteiger partial charge in [-0.3, -0.25) is 0 Å². The Morgan fingerprint density at radius 3 is 2.40 bits per heavy atom. The minimum absolute atomic E-state index is 0.622. The zero-order valence-corrected chi connectivity index (χ0v) is 6.52. The zero-order chi connectivity index (χ0) is 7.98. The van der Waals surface area contributed by atoms with E-state index in [4.69, 9.17) is 11.5 Å². The largest absolute Gasteiger partial charge is 0.402 e. The standard InChI is InChI=1S/C7H15N3/c1-3-6(8)4-5-7(9)10-2/h4-5,10H,3,8-9H2,1-2H3/b6-4+,7-5+. The van der Waals surface area contributed by atoms with Crippen LogP contribution in [0, 0.1) is 0 Å². The highest BCUT2D eigenvalue weighted by molar-refractivity contribution is 5.12. The van der Waals surface area contributed by atoms with E-state index >= 15 is 0 Å². The van der Waals surface area contributed by atoms with Crippen LogP contribution in [-0.4, -0.2) is 7.05 Å². The highest BCUT2D eigenvalue weighted by Crippen LogP contribution is 1.90. The lowest BCUT2D eigenvalue weighted by Crippen LogP contribution is -2.13. The van der Waals surface area contributed by atoms with Crippen LogP contribution in [0.2, 0.25) is 0 Å². The van der Waals surface area contributed by atoms with Crippen molar-refractivity contribution in [2.24, 2.45) is 11.5 Å². The molecule has 5 N–H and O–H groups in total. The van der Waals surface area contributed by atoms with E-state index in [1.54, 1.807) is 19.2 Å². The van der Waals surface area contributed by atoms with E-state index in [9.17, 15) is 0 Å². The summed E-state index contributed by atoms with van der Waals surface area (Å²) in [6.45, 7) is 2.00. The topological polar surface area (TPSA) is 64.1 Å². The minimum Gasteiger partial charge on any atom is -0.402 e. The molecule has 0 fully saturated rings. The number of allylic oxidation sites excluding steroid dienone is 3. The number of rotatable bonds is 3. The fourth-order valence-corrected chi connectivity index (χ4v) is 0.398. The summed E-state index contributed by atoms with van der Waals surface area (Å²) in [4.78, 5) is 0. The van der Waals surface area contributed by atoms with Gasteiger partial charge in [-0.2, -0.15) is 0 Å². The molecule has 0 aromatic heterocycles. The summed E-state index contributed by atoms with van der Waals surface area (Å²) in [6, 6.07) is 0. The maximum atomic E-state index is 5.51. The second-order valence-electron chi connectivity index (χ2n) is 1.97. The molecule has 0 unspecified atom stereocenters. The molecule has 0 aliphatic carbocycles. The molecule has 0 saturated heterocycles. The molecular formula is C7H15N3. The van der Waals surface area contributed by atoms with Crippen LogP contribution in [0.4, 0.5) is 0 Å². The van der Waals surface area contributed by atoms with Gasteiger partial charge in [0.15, 0.2) is 0 Å². The first-order valence-electron chi connectivity index (χ1n) is 3.30. The lowest BCUT2D eigenvalue weighted by Gasteiger charge is -1.96. The molecule has 58 valence electrons. The summed E-state index contributed by atoms with van der Waals surface area (Å²) < 4.78 is 0. The molecule has 3 heteroatoms. The van der Waals surface area contributed by atoms with Crippen molar-refractivity contribution in [2.45, 2.75) is 13.3 Å². The van der Waals surface area contributed by atoms with Crippen LogP contribution in [0.15, 0.2) is 23.7 Å². The first-order valence-corrected chi connectivity index (χ1v) is 3.30. The Kier molecular flexibility index (Phi) is 4.20. The van der Waals surface area contributed by atoms with E-state index in [1.807, 2.05) is 6.92 Å². The summed E-state index contributed by atoms with van der Waals surface area (Å²) in [5.74, 6) is 0.622. The van der Waals surface area contributed by atoms with Gasteiger partial charge in [0, 0.05) is 12.7 Å². The van der Waals surface area contributed by atoms with E-state index in [-0.39, 0.29) is 0 Å². The van der Waals surface area contributed by atoms with Crippen molar-refractivity contribution < 1.29 is 0 Å². The molecule has 0 amide bonds. The van der Waals surface area contributed by atoms with Crippen LogP contribution >= 0.6 is 0 Å². The number of nitrogens with two attached hydrogens (primary N) is 2. The van der Waals surface area contributed by atoms with Gasteiger partial charge in [-0.05, 0) is 18.6 Å². The van der Waals surface area contributed by atoms with Crippen molar-refractivity contribution in [3.05, 3.63) is 23.7 Å². The van der Waals surface area contributed by atoms with Crippen LogP contribution in [0.25, 0.3) is 0 Å². The van der Waals surface area contributed by atoms with Crippen molar-refractivity contribution >= 4 is 0 Å². The van der Waals surface area contributed by atoms with E-state index in [2.05, 4.69) is 5.32 Å². The summed E-state index contributed by atoms with van der Waals surface area (Å²) in [7, 11) is 1.77. The summed E-state index contributed by atoms with van der Waals surface area (Å²) in [6.07, 6.45) is 4.40. The minimum atomic E-state index is 0.622. The van der Waals surface area contributed by atoms with E-state index in [0.29, 0.717) is 5.82 Å². The van der Waals surface area contributed by atoms with Crippen molar-refractivity contribution in [3.8, 4) is 0 Å². The van der Waals surface area contributed by atoms with Gasteiger partial charge in [-0.25, -0.2) is 0 Å². The van der Waals surface area contributed by atoms with Crippen molar-refractivity contribution in [1.29, 1.82) is 0 Å². The quantitative estimate of drug-likeness (QED) is 0.494. The SMILES string of the molecule is CC/C(N)=C\C=C(/N)NC. The second-order valence-corrected chi connectivity index (χ2v) is 1.97. The summed E-state index contributed by atoms with van der Waals surface area (Å²) in [5, 5.41) is 2.78. The Hall–Kier alpha value is -1.12. The molecule has 3 nitrogen and oxygen atoms in total. The Labute approximate surface area is 61.8 Å². The predicted molar refractivity (Wildman–Crippen MR) is 43.9 cm³/mol. The number of nitrogens with one attached hydrogen (secondary N) is 1. The van der Waals surface area contributed by atoms with Crippen molar-refractivity contribution in [2.75, 3.05) is 7.05 Å². The van der Waals surface area contributed by atoms with Gasteiger partial charge in [-0.15, -0.1) is 0 Å². The van der Waals surface area contributed by atoms with Crippen LogP contribution in [0.1, 0.15) is 13.3 Å². The second kappa shape index (κ2) is 4.73. The maximum Gasteiger partial charge on any atom is 0.0958 e. The van der Waals surface area contributed by atoms with Crippen LogP contribution < -0.4 is 16.8 Å². The first kappa shape index (κ1) is 8.88. The third-order valence-corrected chi connectivity index (χ3v) is 1.17. The Balaban J connectivity index is 3.91. The molecule has 0 radical (unpaired) electrons. The third kappa shape index (κ3) is 3.83. The monoisotopic (exact) mass is 141 g/mol. The van der Waals surface area contributed by atoms with Crippen LogP contribution in [0.5, 0.6) is 0 Å². The molecule has 10 heavy (non-hydrogen) atoms. The van der Waals surface area contributed by atoms with Gasteiger partial charge in [0.1, 0.15) is 0 Å². The van der Waals surface area contributed by atoms with Gasteiger partial charge >= 0.3 is 0 Å². The molecular weight excluding hydrogens is 126 g/mol. The highest BCUT2D eigenvalue weighted by atomic mass is 14.9. The molecule has 0 aromatic rings. The Morgan fingerprint density at radius 1 is 1.40 bits per heavy atom. The average molecular weight is 141 g/mol. The molecule has 0 rings (SSSR count). The van der Waals surface area contributed by atoms with Gasteiger partial charge in [0.05, 0.1) is 5.82 Å². The molecule has 0 aliphatic rings. The zero-order valence-electron chi connectivity index (χ0n) is 6.52. The molecule has 0 spiro atoms. The molecule has 0 aliphatic heterocycles. The Morgan fingerprint density at radius 2 is 2.00 bits per heavy atom. The molecule has 0 bridgehead atoms. The number of hydrogen-bond donors (Lipinski definition) is 3. The smallest absolute Gasteiger partial charge is 0.0958 e. The van der Waals surface area contributed by atoms with Crippen molar-refractivity contribution in [1.82, 2.24) is 5.32 Å². The van der Waals surface area contributed by atoms with E-state index < -0.39 is 0 Å². The van der Waals surface area contributed by atoms with E-state index in [1.165, 1.54) is 0 Å². The van der Waals surface area contributed by atoms with E-state index in [0.717, 1.165) is 12.1 Å². The fraction of sp³-hybridized carbons (Fsp3) is 0.429. The number of hydrogen-bond acceptors (Lipinski definition) is 3. The normalized spacial score (nSPS) is 13.4. The first-order chi connectivity index (χ1) is 4.70. The summed E-state index contributed by atoms with van der Waals surface area (Å²) >= 11 is 0. The van der Waals surface area contributed by atoms with Gasteiger partial charge < -0.3 is 16.8 Å². The summed E-state index contributed by atoms with van der Waals surface area (Å²) in [5.41, 5.74) is 11.8. The molecule has 0 aromatic carbocycles. The lowest BCUT2D eigenvalue weighted by atomic mass is 10.3. The third-order valence-electron chi connectivity index (χ3n) is 1.17. The predicted octanol–water partition coefficient (Wildman–Crippen LogP) is 0.259. The van der Waals surface area contributed by atoms with Crippen LogP contribution in [0.3, 0.4) is 0 Å². The average Bonchev–Trinajstić information content (AvgIpc) is 1.99. The molecule has 0 atom stereocenters. The van der Waals surface area contributed by atoms with Gasteiger partial charge in [-0.1, -0.05) is 6.92 Å². The highest BCUT2D eigenvalue weighted by Gasteiger charge is 1.81. The van der Waals surface area contributed by atoms with Gasteiger partial charge in [0.2, 0.25) is 0 Å². The Bertz CT molecular complexity index is 129. The van der Waals surface area contributed by atoms with Crippen molar-refractivity contribution in [3.63, 3.8) is 0 Å². The fourth-order valence-electron chi connectivity index (χ4n) is 0.398. The van der Waals surface area contributed by atoms with Crippen LogP contribution in [-0.2, 0) is 0 Å². The maximum absolute atomic E-state index is 5.51.